The average molecular weight is 267 g/mol. The first kappa shape index (κ1) is 12.5. The van der Waals surface area contributed by atoms with Crippen molar-refractivity contribution in [1.29, 1.82) is 0 Å². The van der Waals surface area contributed by atoms with E-state index in [4.69, 9.17) is 0 Å². The van der Waals surface area contributed by atoms with Gasteiger partial charge in [0.25, 0.3) is 0 Å². The first-order valence-corrected chi connectivity index (χ1v) is 6.55. The number of imidazole rings is 1. The summed E-state index contributed by atoms with van der Waals surface area (Å²) in [6.07, 6.45) is 5.88. The van der Waals surface area contributed by atoms with Gasteiger partial charge in [-0.25, -0.2) is 4.98 Å². The molecule has 0 aliphatic rings. The van der Waals surface area contributed by atoms with E-state index in [-0.39, 0.29) is 0 Å². The predicted octanol–water partition coefficient (Wildman–Crippen LogP) is 2.53. The first-order valence-electron chi connectivity index (χ1n) is 6.55. The smallest absolute Gasteiger partial charge is 0.208 e. The molecule has 0 spiro atoms. The van der Waals surface area contributed by atoms with E-state index in [9.17, 15) is 0 Å². The Bertz CT molecular complexity index is 696. The van der Waals surface area contributed by atoms with Crippen LogP contribution in [0.15, 0.2) is 48.9 Å². The summed E-state index contributed by atoms with van der Waals surface area (Å²) < 4.78 is 3.86. The van der Waals surface area contributed by atoms with Crippen molar-refractivity contribution in [2.24, 2.45) is 7.05 Å². The van der Waals surface area contributed by atoms with Crippen LogP contribution in [-0.2, 0) is 13.6 Å². The molecule has 0 fully saturated rings. The summed E-state index contributed by atoms with van der Waals surface area (Å²) in [6.45, 7) is 2.70. The number of rotatable bonds is 4. The summed E-state index contributed by atoms with van der Waals surface area (Å²) in [5, 5.41) is 7.52. The lowest BCUT2D eigenvalue weighted by molar-refractivity contribution is 0.767. The van der Waals surface area contributed by atoms with E-state index in [1.165, 1.54) is 0 Å². The number of para-hydroxylation sites is 1. The van der Waals surface area contributed by atoms with Gasteiger partial charge >= 0.3 is 0 Å². The zero-order valence-electron chi connectivity index (χ0n) is 11.6. The highest BCUT2D eigenvalue weighted by molar-refractivity contribution is 5.43. The van der Waals surface area contributed by atoms with Crippen LogP contribution in [-0.4, -0.2) is 19.3 Å². The molecule has 0 aliphatic heterocycles. The Morgan fingerprint density at radius 1 is 1.15 bits per heavy atom. The molecule has 0 unspecified atom stereocenters. The summed E-state index contributed by atoms with van der Waals surface area (Å²) >= 11 is 0. The lowest BCUT2D eigenvalue weighted by atomic mass is 10.3. The van der Waals surface area contributed by atoms with Crippen molar-refractivity contribution in [3.63, 3.8) is 0 Å². The molecule has 2 aromatic heterocycles. The Morgan fingerprint density at radius 2 is 1.95 bits per heavy atom. The number of anilines is 1. The summed E-state index contributed by atoms with van der Waals surface area (Å²) in [5.74, 6) is 0.845. The van der Waals surface area contributed by atoms with Gasteiger partial charge < -0.3 is 5.32 Å². The molecule has 0 radical (unpaired) electrons. The molecule has 5 nitrogen and oxygen atoms in total. The highest BCUT2D eigenvalue weighted by Gasteiger charge is 2.07. The maximum Gasteiger partial charge on any atom is 0.208 e. The highest BCUT2D eigenvalue weighted by atomic mass is 15.2. The van der Waals surface area contributed by atoms with E-state index in [1.54, 1.807) is 4.68 Å². The van der Waals surface area contributed by atoms with Crippen molar-refractivity contribution in [3.05, 3.63) is 60.2 Å². The van der Waals surface area contributed by atoms with Crippen molar-refractivity contribution in [2.45, 2.75) is 13.5 Å². The van der Waals surface area contributed by atoms with Crippen LogP contribution in [0.25, 0.3) is 5.69 Å². The third kappa shape index (κ3) is 2.56. The molecule has 0 amide bonds. The summed E-state index contributed by atoms with van der Waals surface area (Å²) in [4.78, 5) is 4.53. The minimum absolute atomic E-state index is 0.705. The van der Waals surface area contributed by atoms with Crippen molar-refractivity contribution in [1.82, 2.24) is 19.3 Å². The van der Waals surface area contributed by atoms with Crippen LogP contribution in [0.4, 0.5) is 5.95 Å². The third-order valence-electron chi connectivity index (χ3n) is 3.07. The van der Waals surface area contributed by atoms with E-state index in [0.29, 0.717) is 6.54 Å². The number of hydrogen-bond acceptors (Lipinski definition) is 3. The van der Waals surface area contributed by atoms with Gasteiger partial charge in [0, 0.05) is 37.2 Å². The molecule has 20 heavy (non-hydrogen) atoms. The molecule has 102 valence electrons. The van der Waals surface area contributed by atoms with Gasteiger partial charge in [0.2, 0.25) is 5.95 Å². The Morgan fingerprint density at radius 3 is 2.65 bits per heavy atom. The Balaban J connectivity index is 1.83. The van der Waals surface area contributed by atoms with Crippen molar-refractivity contribution >= 4 is 5.95 Å². The Kier molecular flexibility index (Phi) is 3.25. The number of nitrogens with zero attached hydrogens (tertiary/aromatic N) is 4. The second kappa shape index (κ2) is 5.21. The number of benzene rings is 1. The second-order valence-corrected chi connectivity index (χ2v) is 4.79. The maximum absolute atomic E-state index is 4.53. The molecule has 0 saturated heterocycles. The summed E-state index contributed by atoms with van der Waals surface area (Å²) in [7, 11) is 1.92. The quantitative estimate of drug-likeness (QED) is 0.790. The number of hydrogen-bond donors (Lipinski definition) is 1. The molecule has 0 saturated carbocycles. The van der Waals surface area contributed by atoms with E-state index >= 15 is 0 Å². The molecule has 2 heterocycles. The fourth-order valence-electron chi connectivity index (χ4n) is 2.15. The van der Waals surface area contributed by atoms with Crippen molar-refractivity contribution in [2.75, 3.05) is 5.32 Å². The van der Waals surface area contributed by atoms with Crippen LogP contribution >= 0.6 is 0 Å². The van der Waals surface area contributed by atoms with Crippen LogP contribution < -0.4 is 5.32 Å². The van der Waals surface area contributed by atoms with Crippen LogP contribution in [0.3, 0.4) is 0 Å². The van der Waals surface area contributed by atoms with Crippen LogP contribution in [0.5, 0.6) is 0 Å². The molecule has 3 aromatic rings. The molecule has 0 aliphatic carbocycles. The minimum atomic E-state index is 0.705. The molecular formula is C15H17N5. The predicted molar refractivity (Wildman–Crippen MR) is 78.8 cm³/mol. The van der Waals surface area contributed by atoms with Gasteiger partial charge in [-0.2, -0.15) is 5.10 Å². The minimum Gasteiger partial charge on any atom is -0.351 e. The largest absolute Gasteiger partial charge is 0.351 e. The van der Waals surface area contributed by atoms with E-state index in [0.717, 1.165) is 22.9 Å². The lowest BCUT2D eigenvalue weighted by Crippen LogP contribution is -2.05. The van der Waals surface area contributed by atoms with Crippen LogP contribution in [0.1, 0.15) is 11.3 Å². The van der Waals surface area contributed by atoms with Gasteiger partial charge in [0.1, 0.15) is 0 Å². The Labute approximate surface area is 117 Å². The van der Waals surface area contributed by atoms with Crippen molar-refractivity contribution in [3.8, 4) is 5.69 Å². The van der Waals surface area contributed by atoms with E-state index in [1.807, 2.05) is 50.8 Å². The molecule has 0 bridgehead atoms. The number of aromatic nitrogens is 4. The van der Waals surface area contributed by atoms with Gasteiger partial charge in [0.05, 0.1) is 11.9 Å². The summed E-state index contributed by atoms with van der Waals surface area (Å²) in [6, 6.07) is 10.2. The van der Waals surface area contributed by atoms with Crippen LogP contribution in [0.2, 0.25) is 0 Å². The maximum atomic E-state index is 4.53. The third-order valence-corrected chi connectivity index (χ3v) is 3.07. The molecular weight excluding hydrogens is 250 g/mol. The normalized spacial score (nSPS) is 10.7. The van der Waals surface area contributed by atoms with E-state index < -0.39 is 0 Å². The molecule has 5 heteroatoms. The standard InChI is InChI=1S/C15H17N5/c1-12-10-20(14-6-4-3-5-7-14)15(18-12)16-8-13-9-17-19(2)11-13/h3-7,9-11H,8H2,1-2H3,(H,16,18). The van der Waals surface area contributed by atoms with Gasteiger partial charge in [0.15, 0.2) is 0 Å². The van der Waals surface area contributed by atoms with Gasteiger partial charge in [-0.15, -0.1) is 0 Å². The fraction of sp³-hybridized carbons (Fsp3) is 0.200. The van der Waals surface area contributed by atoms with Crippen LogP contribution in [0, 0.1) is 6.92 Å². The molecule has 3 rings (SSSR count). The van der Waals surface area contributed by atoms with E-state index in [2.05, 4.69) is 32.1 Å². The number of nitrogens with one attached hydrogen (secondary N) is 1. The molecule has 0 atom stereocenters. The monoisotopic (exact) mass is 267 g/mol. The first-order chi connectivity index (χ1) is 9.72. The SMILES string of the molecule is Cc1cn(-c2ccccc2)c(NCc2cnn(C)c2)n1. The van der Waals surface area contributed by atoms with Gasteiger partial charge in [-0.1, -0.05) is 18.2 Å². The second-order valence-electron chi connectivity index (χ2n) is 4.79. The highest BCUT2D eigenvalue weighted by Crippen LogP contribution is 2.16. The Hall–Kier alpha value is -2.56. The lowest BCUT2D eigenvalue weighted by Gasteiger charge is -2.08. The van der Waals surface area contributed by atoms with Gasteiger partial charge in [-0.3, -0.25) is 9.25 Å². The van der Waals surface area contributed by atoms with Crippen molar-refractivity contribution < 1.29 is 0 Å². The van der Waals surface area contributed by atoms with Gasteiger partial charge in [-0.05, 0) is 19.1 Å². The zero-order valence-corrected chi connectivity index (χ0v) is 11.6. The molecule has 1 aromatic carbocycles. The topological polar surface area (TPSA) is 47.7 Å². The zero-order chi connectivity index (χ0) is 13.9. The summed E-state index contributed by atoms with van der Waals surface area (Å²) in [5.41, 5.74) is 3.22. The molecule has 1 N–H and O–H groups in total. The number of aryl methyl sites for hydroxylation is 2. The fourth-order valence-corrected chi connectivity index (χ4v) is 2.15. The average Bonchev–Trinajstić information content (AvgIpc) is 3.03.